The molecule has 4 heterocycles. The molecule has 2 aromatic carbocycles. The van der Waals surface area contributed by atoms with Gasteiger partial charge in [-0.1, -0.05) is 67.1 Å². The van der Waals surface area contributed by atoms with E-state index >= 15 is 0 Å². The first-order valence-electron chi connectivity index (χ1n) is 16.8. The van der Waals surface area contributed by atoms with E-state index in [9.17, 15) is 4.79 Å². The Labute approximate surface area is 278 Å². The lowest BCUT2D eigenvalue weighted by atomic mass is 10.00. The number of carbonyl (C=O) groups is 1. The number of fused-ring (bicyclic) bond motifs is 1. The molecule has 0 spiro atoms. The Kier molecular flexibility index (Phi) is 10.3. The summed E-state index contributed by atoms with van der Waals surface area (Å²) < 4.78 is 2.18. The summed E-state index contributed by atoms with van der Waals surface area (Å²) in [5, 5.41) is 0. The molecule has 0 radical (unpaired) electrons. The lowest BCUT2D eigenvalue weighted by molar-refractivity contribution is 0.0822. The van der Waals surface area contributed by atoms with Gasteiger partial charge in [-0.2, -0.15) is 0 Å². The number of aryl methyl sites for hydroxylation is 2. The highest BCUT2D eigenvalue weighted by Gasteiger charge is 2.15. The zero-order valence-corrected chi connectivity index (χ0v) is 27.8. The first-order valence-corrected chi connectivity index (χ1v) is 16.8. The summed E-state index contributed by atoms with van der Waals surface area (Å²) in [4.78, 5) is 31.8. The van der Waals surface area contributed by atoms with Gasteiger partial charge in [0.2, 0.25) is 0 Å². The number of allylic oxidation sites excluding steroid dienone is 1. The summed E-state index contributed by atoms with van der Waals surface area (Å²) in [5.41, 5.74) is 9.30. The fourth-order valence-electron chi connectivity index (χ4n) is 6.22. The number of amides is 1. The van der Waals surface area contributed by atoms with Crippen molar-refractivity contribution in [1.29, 1.82) is 0 Å². The molecule has 7 heteroatoms. The Balaban J connectivity index is 1.14. The Bertz CT molecular complexity index is 1860. The quantitative estimate of drug-likeness (QED) is 0.143. The standard InChI is InChI=1S/C40H44N6O/c1-4-23-45(40(47)34-18-14-32(15-19-34)29-46-31(3)42-38-28-41-22-20-39(38)46)26-8-10-35-9-7-11-37(43-35)36(21-27-44-24-5-6-25-44)33-16-12-30(2)13-17-33/h7-9,11-22,26,28H,4-6,10,23-25,27,29H2,1-3H3. The number of rotatable bonds is 12. The SMILES string of the molecule is CCCN(C=CCc1cccc(C(=CCN2CCCC2)c2ccc(C)cc2)n1)C(=O)c1ccc(Cn2c(C)nc3cnccc32)cc1. The molecule has 0 aliphatic carbocycles. The molecule has 1 aliphatic rings. The zero-order valence-electron chi connectivity index (χ0n) is 27.8. The average Bonchev–Trinajstić information content (AvgIpc) is 3.73. The van der Waals surface area contributed by atoms with Crippen LogP contribution in [0.25, 0.3) is 16.6 Å². The highest BCUT2D eigenvalue weighted by Crippen LogP contribution is 2.24. The second-order valence-corrected chi connectivity index (χ2v) is 12.4. The van der Waals surface area contributed by atoms with Crippen LogP contribution in [0, 0.1) is 13.8 Å². The van der Waals surface area contributed by atoms with Gasteiger partial charge in [0, 0.05) is 55.3 Å². The third kappa shape index (κ3) is 7.92. The number of hydrogen-bond acceptors (Lipinski definition) is 5. The minimum absolute atomic E-state index is 0.00167. The van der Waals surface area contributed by atoms with Crippen LogP contribution in [0.1, 0.15) is 70.4 Å². The third-order valence-corrected chi connectivity index (χ3v) is 8.82. The zero-order chi connectivity index (χ0) is 32.6. The molecule has 240 valence electrons. The Morgan fingerprint density at radius 3 is 2.45 bits per heavy atom. The van der Waals surface area contributed by atoms with Gasteiger partial charge in [-0.05, 0) is 87.7 Å². The molecule has 47 heavy (non-hydrogen) atoms. The van der Waals surface area contributed by atoms with Crippen LogP contribution >= 0.6 is 0 Å². The van der Waals surface area contributed by atoms with Crippen LogP contribution in [-0.4, -0.2) is 61.4 Å². The van der Waals surface area contributed by atoms with Gasteiger partial charge in [0.15, 0.2) is 0 Å². The second kappa shape index (κ2) is 15.1. The average molecular weight is 625 g/mol. The van der Waals surface area contributed by atoms with Gasteiger partial charge in [0.1, 0.15) is 11.3 Å². The molecular formula is C40H44N6O. The third-order valence-electron chi connectivity index (χ3n) is 8.82. The monoisotopic (exact) mass is 624 g/mol. The van der Waals surface area contributed by atoms with Gasteiger partial charge in [-0.25, -0.2) is 4.98 Å². The molecule has 6 rings (SSSR count). The van der Waals surface area contributed by atoms with Crippen LogP contribution in [-0.2, 0) is 13.0 Å². The summed E-state index contributed by atoms with van der Waals surface area (Å²) >= 11 is 0. The summed E-state index contributed by atoms with van der Waals surface area (Å²) in [6.45, 7) is 10.8. The van der Waals surface area contributed by atoms with Crippen LogP contribution in [0.4, 0.5) is 0 Å². The molecule has 1 aliphatic heterocycles. The van der Waals surface area contributed by atoms with Crippen molar-refractivity contribution in [3.8, 4) is 0 Å². The first-order chi connectivity index (χ1) is 23.0. The topological polar surface area (TPSA) is 67.2 Å². The molecule has 0 unspecified atom stereocenters. The van der Waals surface area contributed by atoms with Crippen molar-refractivity contribution < 1.29 is 4.79 Å². The highest BCUT2D eigenvalue weighted by atomic mass is 16.2. The van der Waals surface area contributed by atoms with Gasteiger partial charge in [0.05, 0.1) is 17.4 Å². The lowest BCUT2D eigenvalue weighted by Crippen LogP contribution is -2.26. The Morgan fingerprint density at radius 1 is 0.915 bits per heavy atom. The summed E-state index contributed by atoms with van der Waals surface area (Å²) in [6, 6.07) is 24.9. The largest absolute Gasteiger partial charge is 0.324 e. The number of carbonyl (C=O) groups excluding carboxylic acids is 1. The van der Waals surface area contributed by atoms with E-state index in [0.717, 1.165) is 59.9 Å². The molecule has 1 amide bonds. The molecule has 1 fully saturated rings. The molecule has 0 N–H and O–H groups in total. The molecule has 0 atom stereocenters. The van der Waals surface area contributed by atoms with Crippen LogP contribution in [0.3, 0.4) is 0 Å². The maximum absolute atomic E-state index is 13.6. The maximum Gasteiger partial charge on any atom is 0.257 e. The van der Waals surface area contributed by atoms with E-state index in [1.165, 1.54) is 29.5 Å². The molecule has 3 aromatic heterocycles. The predicted octanol–water partition coefficient (Wildman–Crippen LogP) is 7.63. The van der Waals surface area contributed by atoms with Crippen molar-refractivity contribution in [3.05, 3.63) is 143 Å². The van der Waals surface area contributed by atoms with Crippen molar-refractivity contribution in [2.24, 2.45) is 0 Å². The number of aromatic nitrogens is 4. The van der Waals surface area contributed by atoms with Crippen LogP contribution in [0.2, 0.25) is 0 Å². The number of imidazole rings is 1. The van der Waals surface area contributed by atoms with Gasteiger partial charge < -0.3 is 9.47 Å². The Hall–Kier alpha value is -4.88. The number of nitrogens with zero attached hydrogens (tertiary/aromatic N) is 6. The molecule has 1 saturated heterocycles. The first kappa shape index (κ1) is 32.1. The van der Waals surface area contributed by atoms with E-state index < -0.39 is 0 Å². The summed E-state index contributed by atoms with van der Waals surface area (Å²) in [7, 11) is 0. The van der Waals surface area contributed by atoms with E-state index in [1.807, 2.05) is 48.4 Å². The maximum atomic E-state index is 13.6. The molecule has 0 bridgehead atoms. The van der Waals surface area contributed by atoms with Gasteiger partial charge >= 0.3 is 0 Å². The lowest BCUT2D eigenvalue weighted by Gasteiger charge is -2.18. The van der Waals surface area contributed by atoms with Gasteiger partial charge in [-0.3, -0.25) is 19.7 Å². The molecule has 5 aromatic rings. The van der Waals surface area contributed by atoms with Crippen LogP contribution in [0.5, 0.6) is 0 Å². The number of likely N-dealkylation sites (tertiary alicyclic amines) is 1. The summed E-state index contributed by atoms with van der Waals surface area (Å²) in [5.74, 6) is 0.940. The number of pyridine rings is 2. The van der Waals surface area contributed by atoms with E-state index in [0.29, 0.717) is 25.1 Å². The van der Waals surface area contributed by atoms with Crippen LogP contribution < -0.4 is 0 Å². The minimum atomic E-state index is -0.00167. The van der Waals surface area contributed by atoms with Crippen molar-refractivity contribution in [1.82, 2.24) is 29.3 Å². The fourth-order valence-corrected chi connectivity index (χ4v) is 6.22. The van der Waals surface area contributed by atoms with Gasteiger partial charge in [0.25, 0.3) is 5.91 Å². The highest BCUT2D eigenvalue weighted by molar-refractivity contribution is 5.95. The van der Waals surface area contributed by atoms with Crippen molar-refractivity contribution >= 4 is 22.5 Å². The second-order valence-electron chi connectivity index (χ2n) is 12.4. The fraction of sp³-hybridized carbons (Fsp3) is 0.300. The van der Waals surface area contributed by atoms with Crippen LogP contribution in [0.15, 0.2) is 104 Å². The van der Waals surface area contributed by atoms with Crippen molar-refractivity contribution in [2.75, 3.05) is 26.2 Å². The molecule has 7 nitrogen and oxygen atoms in total. The van der Waals surface area contributed by atoms with Crippen molar-refractivity contribution in [3.63, 3.8) is 0 Å². The number of benzene rings is 2. The van der Waals surface area contributed by atoms with Gasteiger partial charge in [-0.15, -0.1) is 0 Å². The van der Waals surface area contributed by atoms with Crippen molar-refractivity contribution in [2.45, 2.75) is 53.0 Å². The van der Waals surface area contributed by atoms with E-state index in [1.54, 1.807) is 12.4 Å². The molecular weight excluding hydrogens is 580 g/mol. The van der Waals surface area contributed by atoms with E-state index in [-0.39, 0.29) is 5.91 Å². The predicted molar refractivity (Wildman–Crippen MR) is 190 cm³/mol. The molecule has 0 saturated carbocycles. The smallest absolute Gasteiger partial charge is 0.257 e. The Morgan fingerprint density at radius 2 is 1.68 bits per heavy atom. The van der Waals surface area contributed by atoms with E-state index in [4.69, 9.17) is 4.98 Å². The number of hydrogen-bond donors (Lipinski definition) is 0. The minimum Gasteiger partial charge on any atom is -0.324 e. The van der Waals surface area contributed by atoms with E-state index in [2.05, 4.69) is 87.9 Å². The normalized spacial score (nSPS) is 14.0. The summed E-state index contributed by atoms with van der Waals surface area (Å²) in [6.07, 6.45) is 14.0.